The molecule has 0 aromatic carbocycles. The lowest BCUT2D eigenvalue weighted by molar-refractivity contribution is -0.124. The highest BCUT2D eigenvalue weighted by atomic mass is 32.2. The molecule has 0 aromatic heterocycles. The maximum Gasteiger partial charge on any atom is 0.267 e. The molecule has 0 heterocycles. The number of carbonyl (C=O) groups is 2. The van der Waals surface area contributed by atoms with Gasteiger partial charge >= 0.3 is 0 Å². The van der Waals surface area contributed by atoms with Gasteiger partial charge in [-0.1, -0.05) is 55.4 Å². The summed E-state index contributed by atoms with van der Waals surface area (Å²) in [5.41, 5.74) is 10.5. The van der Waals surface area contributed by atoms with Crippen LogP contribution in [0.15, 0.2) is 0 Å². The largest absolute Gasteiger partial charge is 0.355 e. The lowest BCUT2D eigenvalue weighted by Gasteiger charge is -2.25. The van der Waals surface area contributed by atoms with Crippen molar-refractivity contribution in [2.24, 2.45) is 34.1 Å². The Morgan fingerprint density at radius 3 is 1.28 bits per heavy atom. The van der Waals surface area contributed by atoms with Gasteiger partial charge in [0.25, 0.3) is 20.2 Å². The van der Waals surface area contributed by atoms with E-state index in [0.29, 0.717) is 25.9 Å². The van der Waals surface area contributed by atoms with Crippen molar-refractivity contribution in [3.05, 3.63) is 0 Å². The van der Waals surface area contributed by atoms with Crippen molar-refractivity contribution < 1.29 is 34.8 Å². The summed E-state index contributed by atoms with van der Waals surface area (Å²) in [6.45, 7) is 15.0. The molecular weight excluding hydrogens is 548 g/mol. The van der Waals surface area contributed by atoms with Crippen LogP contribution >= 0.6 is 0 Å². The minimum Gasteiger partial charge on any atom is -0.355 e. The molecule has 0 fully saturated rings. The summed E-state index contributed by atoms with van der Waals surface area (Å²) in [6, 6.07) is -1.23. The maximum absolute atomic E-state index is 12.3. The molecule has 0 saturated carbocycles. The fourth-order valence-corrected chi connectivity index (χ4v) is 5.47. The van der Waals surface area contributed by atoms with Gasteiger partial charge in [-0.15, -0.1) is 0 Å². The van der Waals surface area contributed by atoms with E-state index in [9.17, 15) is 26.4 Å². The zero-order chi connectivity index (χ0) is 30.7. The molecule has 0 radical (unpaired) electrons. The van der Waals surface area contributed by atoms with Gasteiger partial charge in [-0.2, -0.15) is 16.8 Å². The number of rotatable bonds is 20. The second kappa shape index (κ2) is 16.2. The molecule has 232 valence electrons. The zero-order valence-electron chi connectivity index (χ0n) is 24.9. The third-order valence-electron chi connectivity index (χ3n) is 6.29. The Kier molecular flexibility index (Phi) is 15.7. The number of nitrogens with one attached hydrogen (secondary N) is 2. The monoisotopic (exact) mass is 600 g/mol. The summed E-state index contributed by atoms with van der Waals surface area (Å²) < 4.78 is 59.4. The third kappa shape index (κ3) is 17.2. The molecule has 0 rings (SSSR count). The van der Waals surface area contributed by atoms with Crippen molar-refractivity contribution in [1.29, 1.82) is 0 Å². The summed E-state index contributed by atoms with van der Waals surface area (Å²) in [6.07, 6.45) is 0.744. The van der Waals surface area contributed by atoms with Crippen LogP contribution in [0.3, 0.4) is 0 Å². The standard InChI is InChI=1S/C25H52N4O8S2/c1-18(2)20(26)22(30)28-12-10-24(5,6)16-36-38(32,33)14-9-15-39(34,35)37-17-25(7,8)11-13-29-23(31)21(27)19(3)4/h18-21H,9-17,26-27H2,1-8H3,(H,28,30)(H,29,31). The van der Waals surface area contributed by atoms with E-state index >= 15 is 0 Å². The molecule has 2 unspecified atom stereocenters. The van der Waals surface area contributed by atoms with E-state index in [1.165, 1.54) is 0 Å². The minimum absolute atomic E-state index is 0.000719. The average Bonchev–Trinajstić information content (AvgIpc) is 2.80. The molecule has 0 aliphatic carbocycles. The lowest BCUT2D eigenvalue weighted by atomic mass is 9.90. The van der Waals surface area contributed by atoms with Gasteiger partial charge < -0.3 is 22.1 Å². The molecule has 0 bridgehead atoms. The highest BCUT2D eigenvalue weighted by molar-refractivity contribution is 7.87. The molecule has 2 atom stereocenters. The van der Waals surface area contributed by atoms with Crippen LogP contribution in [0.2, 0.25) is 0 Å². The molecule has 39 heavy (non-hydrogen) atoms. The van der Waals surface area contributed by atoms with Crippen molar-refractivity contribution in [3.63, 3.8) is 0 Å². The van der Waals surface area contributed by atoms with Crippen molar-refractivity contribution in [2.75, 3.05) is 37.8 Å². The second-order valence-corrected chi connectivity index (χ2v) is 15.9. The number of carbonyl (C=O) groups excluding carboxylic acids is 2. The summed E-state index contributed by atoms with van der Waals surface area (Å²) in [7, 11) is -7.92. The predicted molar refractivity (Wildman–Crippen MR) is 153 cm³/mol. The maximum atomic E-state index is 12.3. The molecule has 2 amide bonds. The highest BCUT2D eigenvalue weighted by Crippen LogP contribution is 2.23. The van der Waals surface area contributed by atoms with Gasteiger partial charge in [0, 0.05) is 13.1 Å². The smallest absolute Gasteiger partial charge is 0.267 e. The molecule has 0 aromatic rings. The van der Waals surface area contributed by atoms with Crippen LogP contribution in [0.25, 0.3) is 0 Å². The highest BCUT2D eigenvalue weighted by Gasteiger charge is 2.26. The second-order valence-electron chi connectivity index (χ2n) is 12.4. The molecule has 14 heteroatoms. The van der Waals surface area contributed by atoms with Gasteiger partial charge in [0.2, 0.25) is 11.8 Å². The Balaban J connectivity index is 4.47. The minimum atomic E-state index is -3.96. The van der Waals surface area contributed by atoms with Crippen molar-refractivity contribution >= 4 is 32.1 Å². The van der Waals surface area contributed by atoms with Crippen molar-refractivity contribution in [2.45, 2.75) is 86.7 Å². The Morgan fingerprint density at radius 1 is 0.692 bits per heavy atom. The van der Waals surface area contributed by atoms with E-state index in [0.717, 1.165) is 0 Å². The average molecular weight is 601 g/mol. The Morgan fingerprint density at radius 2 is 1.00 bits per heavy atom. The first-order valence-electron chi connectivity index (χ1n) is 13.4. The van der Waals surface area contributed by atoms with E-state index in [-0.39, 0.29) is 43.3 Å². The SMILES string of the molecule is CC(C)C(N)C(=O)NCCC(C)(C)COS(=O)(=O)CCCS(=O)(=O)OCC(C)(C)CCNC(=O)C(N)C(C)C. The Labute approximate surface area is 235 Å². The van der Waals surface area contributed by atoms with E-state index in [2.05, 4.69) is 10.6 Å². The van der Waals surface area contributed by atoms with Crippen molar-refractivity contribution in [1.82, 2.24) is 10.6 Å². The predicted octanol–water partition coefficient (Wildman–Crippen LogP) is 1.10. The fourth-order valence-electron chi connectivity index (χ4n) is 3.06. The van der Waals surface area contributed by atoms with Crippen LogP contribution in [0.5, 0.6) is 0 Å². The van der Waals surface area contributed by atoms with E-state index in [4.69, 9.17) is 19.8 Å². The molecule has 6 N–H and O–H groups in total. The summed E-state index contributed by atoms with van der Waals surface area (Å²) >= 11 is 0. The van der Waals surface area contributed by atoms with Gasteiger partial charge in [-0.3, -0.25) is 18.0 Å². The van der Waals surface area contributed by atoms with Crippen LogP contribution < -0.4 is 22.1 Å². The molecule has 0 aliphatic rings. The molecular formula is C25H52N4O8S2. The normalized spacial score (nSPS) is 14.9. The molecule has 0 saturated heterocycles. The van der Waals surface area contributed by atoms with Gasteiger partial charge in [0.1, 0.15) is 0 Å². The van der Waals surface area contributed by atoms with E-state index in [1.54, 1.807) is 27.7 Å². The number of hydrogen-bond donors (Lipinski definition) is 4. The number of amides is 2. The van der Waals surface area contributed by atoms with Gasteiger partial charge in [-0.25, -0.2) is 0 Å². The summed E-state index contributed by atoms with van der Waals surface area (Å²) in [5, 5.41) is 5.48. The van der Waals surface area contributed by atoms with Crippen molar-refractivity contribution in [3.8, 4) is 0 Å². The first-order valence-corrected chi connectivity index (χ1v) is 16.6. The van der Waals surface area contributed by atoms with Gasteiger partial charge in [0.05, 0.1) is 36.8 Å². The van der Waals surface area contributed by atoms with Crippen LogP contribution in [0.1, 0.15) is 74.7 Å². The molecule has 12 nitrogen and oxygen atoms in total. The fraction of sp³-hybridized carbons (Fsp3) is 0.920. The number of nitrogens with two attached hydrogens (primary N) is 2. The zero-order valence-corrected chi connectivity index (χ0v) is 26.5. The number of hydrogen-bond acceptors (Lipinski definition) is 10. The van der Waals surface area contributed by atoms with Crippen LogP contribution in [-0.4, -0.2) is 78.5 Å². The van der Waals surface area contributed by atoms with Gasteiger partial charge in [-0.05, 0) is 41.9 Å². The summed E-state index contributed by atoms with van der Waals surface area (Å²) in [4.78, 5) is 23.9. The lowest BCUT2D eigenvalue weighted by Crippen LogP contribution is -2.44. The quantitative estimate of drug-likeness (QED) is 0.147. The van der Waals surface area contributed by atoms with Crippen LogP contribution in [0.4, 0.5) is 0 Å². The molecule has 0 aliphatic heterocycles. The van der Waals surface area contributed by atoms with Gasteiger partial charge in [0.15, 0.2) is 0 Å². The Hall–Kier alpha value is -1.32. The van der Waals surface area contributed by atoms with E-state index < -0.39 is 54.7 Å². The Bertz CT molecular complexity index is 902. The van der Waals surface area contributed by atoms with Crippen LogP contribution in [-0.2, 0) is 38.2 Å². The molecule has 0 spiro atoms. The third-order valence-corrected chi connectivity index (χ3v) is 8.82. The van der Waals surface area contributed by atoms with E-state index in [1.807, 2.05) is 27.7 Å². The first-order chi connectivity index (χ1) is 17.6. The topological polar surface area (TPSA) is 197 Å². The first kappa shape index (κ1) is 37.7. The van der Waals surface area contributed by atoms with Crippen LogP contribution in [0, 0.1) is 22.7 Å². The summed E-state index contributed by atoms with van der Waals surface area (Å²) in [5.74, 6) is -1.48.